The topological polar surface area (TPSA) is 23.1 Å². The van der Waals surface area contributed by atoms with Crippen LogP contribution in [0.15, 0.2) is 30.3 Å². The summed E-state index contributed by atoms with van der Waals surface area (Å²) in [5.41, 5.74) is 0. The van der Waals surface area contributed by atoms with Gasteiger partial charge in [-0.2, -0.15) is 0 Å². The van der Waals surface area contributed by atoms with Crippen LogP contribution in [0.2, 0.25) is 0 Å². The van der Waals surface area contributed by atoms with Gasteiger partial charge in [0.1, 0.15) is 0 Å². The van der Waals surface area contributed by atoms with Gasteiger partial charge >= 0.3 is 46.6 Å². The molecule has 0 aliphatic carbocycles. The molecule has 10 heavy (non-hydrogen) atoms. The van der Waals surface area contributed by atoms with Gasteiger partial charge in [-0.3, -0.25) is 0 Å². The summed E-state index contributed by atoms with van der Waals surface area (Å²) >= 11 is 0. The molecule has 0 atom stereocenters. The molecule has 0 amide bonds. The minimum absolute atomic E-state index is 0. The van der Waals surface area contributed by atoms with E-state index in [0.717, 1.165) is 0 Å². The van der Waals surface area contributed by atoms with Gasteiger partial charge in [0.15, 0.2) is 0 Å². The first-order valence-corrected chi connectivity index (χ1v) is 2.11. The van der Waals surface area contributed by atoms with Crippen LogP contribution in [0.1, 0.15) is 0 Å². The Kier molecular flexibility index (Phi) is 16.8. The van der Waals surface area contributed by atoms with Gasteiger partial charge in [0, 0.05) is 0 Å². The van der Waals surface area contributed by atoms with E-state index in [1.807, 2.05) is 6.07 Å². The molecule has 1 rings (SSSR count). The summed E-state index contributed by atoms with van der Waals surface area (Å²) in [6.45, 7) is 0. The van der Waals surface area contributed by atoms with Crippen molar-refractivity contribution >= 4 is 0 Å². The fraction of sp³-hybridized carbons (Fsp3) is 0. The van der Waals surface area contributed by atoms with E-state index in [1.165, 1.54) is 12.1 Å². The van der Waals surface area contributed by atoms with Crippen molar-refractivity contribution < 1.29 is 64.1 Å². The number of rotatable bonds is 0. The number of hydrogen-bond donors (Lipinski definition) is 0. The molecule has 0 bridgehead atoms. The van der Waals surface area contributed by atoms with Crippen molar-refractivity contribution in [1.82, 2.24) is 0 Å². The van der Waals surface area contributed by atoms with Crippen LogP contribution in [-0.2, 0) is 17.1 Å². The molecule has 0 aliphatic heterocycles. The van der Waals surface area contributed by atoms with Gasteiger partial charge in [-0.1, -0.05) is 30.3 Å². The number of hydrogen-bond acceptors (Lipinski definition) is 1. The van der Waals surface area contributed by atoms with Gasteiger partial charge in [-0.25, -0.2) is 0 Å². The zero-order chi connectivity index (χ0) is 5.11. The van der Waals surface area contributed by atoms with Crippen molar-refractivity contribution in [3.63, 3.8) is 0 Å². The predicted molar refractivity (Wildman–Crippen MR) is 25.9 cm³/mol. The Bertz CT molecular complexity index is 148. The van der Waals surface area contributed by atoms with Gasteiger partial charge < -0.3 is 17.5 Å². The maximum atomic E-state index is 10.3. The van der Waals surface area contributed by atoms with Crippen LogP contribution < -0.4 is 47.1 Å². The van der Waals surface area contributed by atoms with E-state index in [0.29, 0.717) is 0 Å². The second kappa shape index (κ2) is 9.83. The van der Waals surface area contributed by atoms with Crippen molar-refractivity contribution in [2.75, 3.05) is 0 Å². The summed E-state index contributed by atoms with van der Waals surface area (Å²) in [7, 11) is 0. The minimum atomic E-state index is 0. The standard InChI is InChI=1S/C6H6O.ClH.Mn.Na/c7-6-4-2-1-3-5-6;;;/h1-5,7H;1H;;/q;;+2;+1/p-2. The Morgan fingerprint density at radius 3 is 1.60 bits per heavy atom. The smallest absolute Gasteiger partial charge is 1.00 e. The van der Waals surface area contributed by atoms with Crippen molar-refractivity contribution in [3.8, 4) is 5.75 Å². The van der Waals surface area contributed by atoms with E-state index in [4.69, 9.17) is 0 Å². The maximum Gasteiger partial charge on any atom is 2.00 e. The normalized spacial score (nSPS) is 6.00. The van der Waals surface area contributed by atoms with E-state index < -0.39 is 0 Å². The second-order valence-electron chi connectivity index (χ2n) is 1.31. The maximum absolute atomic E-state index is 10.3. The zero-order valence-electron chi connectivity index (χ0n) is 5.55. The van der Waals surface area contributed by atoms with Gasteiger partial charge in [0.25, 0.3) is 0 Å². The molecule has 1 aromatic rings. The average Bonchev–Trinajstić information content (AvgIpc) is 1.69. The monoisotopic (exact) mass is 206 g/mol. The molecule has 0 aromatic heterocycles. The summed E-state index contributed by atoms with van der Waals surface area (Å²) in [5, 5.41) is 10.3. The number of para-hydroxylation sites is 1. The molecule has 0 saturated carbocycles. The van der Waals surface area contributed by atoms with Crippen LogP contribution in [-0.4, -0.2) is 0 Å². The Morgan fingerprint density at radius 2 is 1.40 bits per heavy atom. The first-order chi connectivity index (χ1) is 3.39. The third kappa shape index (κ3) is 6.94. The summed E-state index contributed by atoms with van der Waals surface area (Å²) in [5.74, 6) is 0.0718. The van der Waals surface area contributed by atoms with E-state index in [1.54, 1.807) is 12.1 Å². The van der Waals surface area contributed by atoms with Gasteiger partial charge in [0.2, 0.25) is 0 Å². The summed E-state index contributed by atoms with van der Waals surface area (Å²) in [6, 6.07) is 8.33. The Labute approximate surface area is 99.4 Å². The third-order valence-corrected chi connectivity index (χ3v) is 0.743. The van der Waals surface area contributed by atoms with Crippen molar-refractivity contribution in [1.29, 1.82) is 0 Å². The molecule has 0 N–H and O–H groups in total. The summed E-state index contributed by atoms with van der Waals surface area (Å²) in [4.78, 5) is 0. The molecule has 49 valence electrons. The largest absolute Gasteiger partial charge is 2.00 e. The van der Waals surface area contributed by atoms with Crippen LogP contribution >= 0.6 is 0 Å². The molecule has 1 nitrogen and oxygen atoms in total. The minimum Gasteiger partial charge on any atom is -1.00 e. The molecule has 0 saturated heterocycles. The van der Waals surface area contributed by atoms with Gasteiger partial charge in [-0.15, -0.1) is 5.75 Å². The molecular weight excluding hydrogens is 201 g/mol. The molecule has 0 spiro atoms. The SMILES string of the molecule is [Cl-].[Mn+2].[Na+].[O-]c1ccccc1. The van der Waals surface area contributed by atoms with Crippen LogP contribution in [0.4, 0.5) is 0 Å². The van der Waals surface area contributed by atoms with Crippen LogP contribution in [0.5, 0.6) is 5.75 Å². The predicted octanol–water partition coefficient (Wildman–Crippen LogP) is -5.23. The molecule has 1 aromatic carbocycles. The Hall–Kier alpha value is 0.829. The van der Waals surface area contributed by atoms with E-state index >= 15 is 0 Å². The Morgan fingerprint density at radius 1 is 1.00 bits per heavy atom. The average molecular weight is 206 g/mol. The van der Waals surface area contributed by atoms with Crippen molar-refractivity contribution in [3.05, 3.63) is 30.3 Å². The van der Waals surface area contributed by atoms with Crippen molar-refractivity contribution in [2.24, 2.45) is 0 Å². The zero-order valence-corrected chi connectivity index (χ0v) is 9.49. The summed E-state index contributed by atoms with van der Waals surface area (Å²) in [6.07, 6.45) is 0. The number of halogens is 1. The second-order valence-corrected chi connectivity index (χ2v) is 1.31. The van der Waals surface area contributed by atoms with Gasteiger partial charge in [-0.05, 0) is 0 Å². The first-order valence-electron chi connectivity index (χ1n) is 2.11. The molecule has 0 heterocycles. The third-order valence-electron chi connectivity index (χ3n) is 0.743. The quantitative estimate of drug-likeness (QED) is 0.389. The first kappa shape index (κ1) is 17.1. The number of benzene rings is 1. The van der Waals surface area contributed by atoms with E-state index in [9.17, 15) is 5.11 Å². The van der Waals surface area contributed by atoms with Crippen LogP contribution in [0.25, 0.3) is 0 Å². The van der Waals surface area contributed by atoms with Crippen LogP contribution in [0.3, 0.4) is 0 Å². The fourth-order valence-electron chi connectivity index (χ4n) is 0.420. The molecule has 4 heteroatoms. The fourth-order valence-corrected chi connectivity index (χ4v) is 0.420. The molecule has 0 unspecified atom stereocenters. The Balaban J connectivity index is -0.000000163. The molecule has 0 aliphatic rings. The van der Waals surface area contributed by atoms with Gasteiger partial charge in [0.05, 0.1) is 0 Å². The van der Waals surface area contributed by atoms with Crippen LogP contribution in [0, 0.1) is 0 Å². The van der Waals surface area contributed by atoms with E-state index in [2.05, 4.69) is 0 Å². The summed E-state index contributed by atoms with van der Waals surface area (Å²) < 4.78 is 0. The molecule has 1 radical (unpaired) electrons. The van der Waals surface area contributed by atoms with E-state index in [-0.39, 0.29) is 64.8 Å². The molecular formula is C6H5ClMnNaO+. The molecule has 0 fully saturated rings. The van der Waals surface area contributed by atoms with Crippen molar-refractivity contribution in [2.45, 2.75) is 0 Å².